The highest BCUT2D eigenvalue weighted by molar-refractivity contribution is 9.10. The molecule has 0 saturated carbocycles. The lowest BCUT2D eigenvalue weighted by Gasteiger charge is -2.09. The van der Waals surface area contributed by atoms with E-state index in [2.05, 4.69) is 31.8 Å². The number of anilines is 1. The molecule has 2 rings (SSSR count). The molecule has 0 fully saturated rings. The molecule has 2 amide bonds. The summed E-state index contributed by atoms with van der Waals surface area (Å²) in [6.45, 7) is 0. The van der Waals surface area contributed by atoms with E-state index in [1.807, 2.05) is 0 Å². The van der Waals surface area contributed by atoms with Crippen molar-refractivity contribution in [2.75, 3.05) is 5.32 Å². The van der Waals surface area contributed by atoms with Gasteiger partial charge in [0.1, 0.15) is 5.75 Å². The lowest BCUT2D eigenvalue weighted by atomic mass is 10.2. The number of amides is 2. The van der Waals surface area contributed by atoms with Crippen molar-refractivity contribution in [1.29, 1.82) is 0 Å². The van der Waals surface area contributed by atoms with Crippen LogP contribution in [0, 0.1) is 0 Å². The van der Waals surface area contributed by atoms with Crippen molar-refractivity contribution in [3.05, 3.63) is 58.1 Å². The fourth-order valence-electron chi connectivity index (χ4n) is 2.06. The van der Waals surface area contributed by atoms with Crippen LogP contribution in [0.1, 0.15) is 24.0 Å². The van der Waals surface area contributed by atoms with Gasteiger partial charge in [-0.05, 0) is 57.9 Å². The minimum atomic E-state index is -4.51. The monoisotopic (exact) mass is 457 g/mol. The van der Waals surface area contributed by atoms with E-state index in [-0.39, 0.29) is 24.3 Å². The van der Waals surface area contributed by atoms with Gasteiger partial charge in [-0.1, -0.05) is 6.07 Å². The number of phenols is 1. The van der Waals surface area contributed by atoms with Crippen molar-refractivity contribution in [2.24, 2.45) is 5.10 Å². The van der Waals surface area contributed by atoms with Crippen LogP contribution in [0.2, 0.25) is 0 Å². The number of halogens is 4. The number of hydrazone groups is 1. The number of phenolic OH excluding ortho intramolecular Hbond substituents is 1. The van der Waals surface area contributed by atoms with E-state index in [4.69, 9.17) is 0 Å². The van der Waals surface area contributed by atoms with E-state index in [0.717, 1.165) is 12.1 Å². The van der Waals surface area contributed by atoms with Gasteiger partial charge in [-0.25, -0.2) is 5.43 Å². The molecule has 3 N–H and O–H groups in total. The van der Waals surface area contributed by atoms with Crippen LogP contribution in [-0.4, -0.2) is 23.1 Å². The molecule has 0 spiro atoms. The van der Waals surface area contributed by atoms with Gasteiger partial charge in [-0.15, -0.1) is 0 Å². The summed E-state index contributed by atoms with van der Waals surface area (Å²) in [5.74, 6) is -1.07. The molecule has 0 saturated heterocycles. The van der Waals surface area contributed by atoms with Crippen LogP contribution in [0.4, 0.5) is 18.9 Å². The molecule has 0 atom stereocenters. The molecule has 2 aromatic rings. The summed E-state index contributed by atoms with van der Waals surface area (Å²) < 4.78 is 38.4. The fraction of sp³-hybridized carbons (Fsp3) is 0.167. The van der Waals surface area contributed by atoms with E-state index in [9.17, 15) is 27.9 Å². The smallest absolute Gasteiger partial charge is 0.416 e. The third kappa shape index (κ3) is 6.69. The zero-order chi connectivity index (χ0) is 20.7. The summed E-state index contributed by atoms with van der Waals surface area (Å²) in [7, 11) is 0. The molecule has 0 aliphatic rings. The van der Waals surface area contributed by atoms with Crippen molar-refractivity contribution >= 4 is 39.6 Å². The molecule has 0 bridgehead atoms. The zero-order valence-corrected chi connectivity index (χ0v) is 15.8. The number of alkyl halides is 3. The van der Waals surface area contributed by atoms with Crippen LogP contribution in [0.15, 0.2) is 52.0 Å². The molecule has 0 radical (unpaired) electrons. The molecule has 10 heteroatoms. The highest BCUT2D eigenvalue weighted by atomic mass is 79.9. The third-order valence-electron chi connectivity index (χ3n) is 3.43. The second-order valence-corrected chi connectivity index (χ2v) is 6.49. The SMILES string of the molecule is O=C(CCC(=O)Nc1cccc(C(F)(F)F)c1)NN=Cc1ccc(O)c(Br)c1. The summed E-state index contributed by atoms with van der Waals surface area (Å²) in [6.07, 6.45) is -3.57. The first kappa shape index (κ1) is 21.4. The Kier molecular flexibility index (Phi) is 7.16. The van der Waals surface area contributed by atoms with Gasteiger partial charge in [0.15, 0.2) is 0 Å². The maximum Gasteiger partial charge on any atom is 0.416 e. The first-order valence-corrected chi connectivity index (χ1v) is 8.72. The lowest BCUT2D eigenvalue weighted by Crippen LogP contribution is -2.20. The van der Waals surface area contributed by atoms with Gasteiger partial charge in [0, 0.05) is 18.5 Å². The molecule has 0 unspecified atom stereocenters. The average molecular weight is 458 g/mol. The molecule has 6 nitrogen and oxygen atoms in total. The first-order chi connectivity index (χ1) is 13.1. The highest BCUT2D eigenvalue weighted by Gasteiger charge is 2.30. The summed E-state index contributed by atoms with van der Waals surface area (Å²) in [5, 5.41) is 15.4. The molecule has 2 aromatic carbocycles. The number of benzene rings is 2. The normalized spacial score (nSPS) is 11.4. The zero-order valence-electron chi connectivity index (χ0n) is 14.3. The van der Waals surface area contributed by atoms with E-state index in [1.165, 1.54) is 24.4 Å². The molecule has 148 valence electrons. The Hall–Kier alpha value is -2.88. The van der Waals surface area contributed by atoms with Crippen molar-refractivity contribution < 1.29 is 27.9 Å². The largest absolute Gasteiger partial charge is 0.507 e. The van der Waals surface area contributed by atoms with Crippen LogP contribution in [0.3, 0.4) is 0 Å². The Morgan fingerprint density at radius 1 is 1.11 bits per heavy atom. The Bertz CT molecular complexity index is 901. The van der Waals surface area contributed by atoms with Crippen molar-refractivity contribution in [3.63, 3.8) is 0 Å². The number of hydrogen-bond donors (Lipinski definition) is 3. The standard InChI is InChI=1S/C18H15BrF3N3O3/c19-14-8-11(4-5-15(14)26)10-23-25-17(28)7-6-16(27)24-13-3-1-2-12(9-13)18(20,21)22/h1-5,8-10,26H,6-7H2,(H,24,27)(H,25,28). The number of carbonyl (C=O) groups excluding carboxylic acids is 2. The summed E-state index contributed by atoms with van der Waals surface area (Å²) in [5.41, 5.74) is 1.98. The van der Waals surface area contributed by atoms with Gasteiger partial charge in [0.05, 0.1) is 16.3 Å². The number of hydrogen-bond acceptors (Lipinski definition) is 4. The number of rotatable bonds is 6. The van der Waals surface area contributed by atoms with Gasteiger partial charge >= 0.3 is 6.18 Å². The lowest BCUT2D eigenvalue weighted by molar-refractivity contribution is -0.137. The van der Waals surface area contributed by atoms with Gasteiger partial charge in [-0.3, -0.25) is 9.59 Å². The Labute approximate surface area is 166 Å². The van der Waals surface area contributed by atoms with Gasteiger partial charge in [0.2, 0.25) is 11.8 Å². The Morgan fingerprint density at radius 3 is 2.50 bits per heavy atom. The highest BCUT2D eigenvalue weighted by Crippen LogP contribution is 2.30. The predicted molar refractivity (Wildman–Crippen MR) is 101 cm³/mol. The van der Waals surface area contributed by atoms with Crippen molar-refractivity contribution in [2.45, 2.75) is 19.0 Å². The summed E-state index contributed by atoms with van der Waals surface area (Å²) in [4.78, 5) is 23.5. The van der Waals surface area contributed by atoms with Crippen LogP contribution in [0.5, 0.6) is 5.75 Å². The minimum Gasteiger partial charge on any atom is -0.507 e. The molecule has 0 aliphatic carbocycles. The van der Waals surface area contributed by atoms with Crippen LogP contribution in [-0.2, 0) is 15.8 Å². The van der Waals surface area contributed by atoms with Crippen LogP contribution < -0.4 is 10.7 Å². The fourth-order valence-corrected chi connectivity index (χ4v) is 2.46. The maximum absolute atomic E-state index is 12.6. The molecule has 0 aliphatic heterocycles. The molecule has 28 heavy (non-hydrogen) atoms. The first-order valence-electron chi connectivity index (χ1n) is 7.92. The second kappa shape index (κ2) is 9.36. The Balaban J connectivity index is 1.80. The number of nitrogens with zero attached hydrogens (tertiary/aromatic N) is 1. The summed E-state index contributed by atoms with van der Waals surface area (Å²) >= 11 is 3.14. The summed E-state index contributed by atoms with van der Waals surface area (Å²) in [6, 6.07) is 8.84. The molecule has 0 aromatic heterocycles. The number of carbonyl (C=O) groups is 2. The maximum atomic E-state index is 12.6. The molecular weight excluding hydrogens is 443 g/mol. The van der Waals surface area contributed by atoms with Crippen molar-refractivity contribution in [3.8, 4) is 5.75 Å². The minimum absolute atomic E-state index is 0.00355. The average Bonchev–Trinajstić information content (AvgIpc) is 2.62. The van der Waals surface area contributed by atoms with Gasteiger partial charge in [0.25, 0.3) is 0 Å². The third-order valence-corrected chi connectivity index (χ3v) is 4.06. The van der Waals surface area contributed by atoms with E-state index >= 15 is 0 Å². The van der Waals surface area contributed by atoms with Crippen LogP contribution >= 0.6 is 15.9 Å². The number of nitrogens with one attached hydrogen (secondary N) is 2. The Morgan fingerprint density at radius 2 is 1.82 bits per heavy atom. The van der Waals surface area contributed by atoms with Gasteiger partial charge in [-0.2, -0.15) is 18.3 Å². The van der Waals surface area contributed by atoms with Crippen LogP contribution in [0.25, 0.3) is 0 Å². The van der Waals surface area contributed by atoms with Gasteiger partial charge < -0.3 is 10.4 Å². The van der Waals surface area contributed by atoms with Crippen molar-refractivity contribution in [1.82, 2.24) is 5.43 Å². The number of aromatic hydroxyl groups is 1. The van der Waals surface area contributed by atoms with E-state index < -0.39 is 23.6 Å². The quantitative estimate of drug-likeness (QED) is 0.451. The molecular formula is C18H15BrF3N3O3. The molecule has 0 heterocycles. The second-order valence-electron chi connectivity index (χ2n) is 5.63. The van der Waals surface area contributed by atoms with E-state index in [1.54, 1.807) is 12.1 Å². The van der Waals surface area contributed by atoms with E-state index in [0.29, 0.717) is 10.0 Å². The topological polar surface area (TPSA) is 90.8 Å². The predicted octanol–water partition coefficient (Wildman–Crippen LogP) is 4.04.